The first-order valence-electron chi connectivity index (χ1n) is 4.93. The molecule has 0 bridgehead atoms. The monoisotopic (exact) mass is 221 g/mol. The van der Waals surface area contributed by atoms with Gasteiger partial charge >= 0.3 is 0 Å². The van der Waals surface area contributed by atoms with Crippen molar-refractivity contribution in [2.24, 2.45) is 0 Å². The standard InChI is InChI=1S/C12H15NO3/c1-14-10-7-6-9(5-4-8-13)11(15-2)12(10)16-3/h6-7H,4-5H2,1-3H3. The first-order chi connectivity index (χ1) is 7.78. The van der Waals surface area contributed by atoms with Gasteiger partial charge in [0, 0.05) is 6.42 Å². The molecule has 86 valence electrons. The van der Waals surface area contributed by atoms with Gasteiger partial charge in [0.05, 0.1) is 27.4 Å². The summed E-state index contributed by atoms with van der Waals surface area (Å²) in [6.07, 6.45) is 1.09. The van der Waals surface area contributed by atoms with Crippen LogP contribution in [0.4, 0.5) is 0 Å². The largest absolute Gasteiger partial charge is 0.493 e. The lowest BCUT2D eigenvalue weighted by molar-refractivity contribution is 0.322. The highest BCUT2D eigenvalue weighted by Crippen LogP contribution is 2.40. The molecule has 0 aliphatic carbocycles. The molecule has 0 radical (unpaired) electrons. The lowest BCUT2D eigenvalue weighted by Gasteiger charge is -2.14. The van der Waals surface area contributed by atoms with Gasteiger partial charge in [-0.05, 0) is 18.1 Å². The van der Waals surface area contributed by atoms with Crippen molar-refractivity contribution in [2.75, 3.05) is 21.3 Å². The second-order valence-corrected chi connectivity index (χ2v) is 3.15. The molecule has 0 unspecified atom stereocenters. The summed E-state index contributed by atoms with van der Waals surface area (Å²) < 4.78 is 15.7. The molecule has 0 saturated carbocycles. The molecule has 1 aromatic carbocycles. The molecule has 4 nitrogen and oxygen atoms in total. The fraction of sp³-hybridized carbons (Fsp3) is 0.417. The highest BCUT2D eigenvalue weighted by Gasteiger charge is 2.14. The molecule has 0 fully saturated rings. The van der Waals surface area contributed by atoms with E-state index in [1.165, 1.54) is 0 Å². The van der Waals surface area contributed by atoms with Gasteiger partial charge in [0.25, 0.3) is 0 Å². The molecule has 0 amide bonds. The van der Waals surface area contributed by atoms with Gasteiger partial charge in [0.2, 0.25) is 5.75 Å². The third-order valence-corrected chi connectivity index (χ3v) is 2.29. The highest BCUT2D eigenvalue weighted by molar-refractivity contribution is 5.55. The summed E-state index contributed by atoms with van der Waals surface area (Å²) in [4.78, 5) is 0. The third-order valence-electron chi connectivity index (χ3n) is 2.29. The number of benzene rings is 1. The van der Waals surface area contributed by atoms with Gasteiger partial charge in [-0.3, -0.25) is 0 Å². The summed E-state index contributed by atoms with van der Waals surface area (Å²) in [5.41, 5.74) is 0.946. The Morgan fingerprint density at radius 2 is 1.75 bits per heavy atom. The number of ether oxygens (including phenoxy) is 3. The molecule has 4 heteroatoms. The molecule has 0 atom stereocenters. The first-order valence-corrected chi connectivity index (χ1v) is 4.93. The molecule has 0 aromatic heterocycles. The molecule has 1 rings (SSSR count). The van der Waals surface area contributed by atoms with Crippen LogP contribution in [0.15, 0.2) is 12.1 Å². The number of aryl methyl sites for hydroxylation is 1. The Morgan fingerprint density at radius 1 is 1.06 bits per heavy atom. The molecule has 0 saturated heterocycles. The Hall–Kier alpha value is -1.89. The third kappa shape index (κ3) is 2.37. The van der Waals surface area contributed by atoms with Gasteiger partial charge in [-0.15, -0.1) is 0 Å². The van der Waals surface area contributed by atoms with E-state index in [1.807, 2.05) is 12.1 Å². The van der Waals surface area contributed by atoms with E-state index < -0.39 is 0 Å². The summed E-state index contributed by atoms with van der Waals surface area (Å²) in [6, 6.07) is 5.81. The van der Waals surface area contributed by atoms with E-state index in [0.29, 0.717) is 30.1 Å². The normalized spacial score (nSPS) is 9.38. The minimum atomic E-state index is 0.450. The van der Waals surface area contributed by atoms with Crippen LogP contribution in [0.1, 0.15) is 12.0 Å². The van der Waals surface area contributed by atoms with Crippen molar-refractivity contribution in [1.29, 1.82) is 5.26 Å². The van der Waals surface area contributed by atoms with Gasteiger partial charge in [0.1, 0.15) is 0 Å². The SMILES string of the molecule is COc1ccc(CCC#N)c(OC)c1OC. The second-order valence-electron chi connectivity index (χ2n) is 3.15. The average molecular weight is 221 g/mol. The van der Waals surface area contributed by atoms with Gasteiger partial charge < -0.3 is 14.2 Å². The number of nitrogens with zero attached hydrogens (tertiary/aromatic N) is 1. The van der Waals surface area contributed by atoms with Gasteiger partial charge in [-0.25, -0.2) is 0 Å². The lowest BCUT2D eigenvalue weighted by Crippen LogP contribution is -1.98. The molecular formula is C12H15NO3. The zero-order valence-corrected chi connectivity index (χ0v) is 9.74. The van der Waals surface area contributed by atoms with E-state index in [2.05, 4.69) is 6.07 Å². The first kappa shape index (κ1) is 12.2. The predicted octanol–water partition coefficient (Wildman–Crippen LogP) is 2.17. The summed E-state index contributed by atoms with van der Waals surface area (Å²) in [6.45, 7) is 0. The molecule has 16 heavy (non-hydrogen) atoms. The Morgan fingerprint density at radius 3 is 2.25 bits per heavy atom. The minimum Gasteiger partial charge on any atom is -0.493 e. The van der Waals surface area contributed by atoms with Crippen LogP contribution in [-0.2, 0) is 6.42 Å². The average Bonchev–Trinajstić information content (AvgIpc) is 2.34. The summed E-state index contributed by atoms with van der Waals surface area (Å²) >= 11 is 0. The predicted molar refractivity (Wildman–Crippen MR) is 60.0 cm³/mol. The molecular weight excluding hydrogens is 206 g/mol. The zero-order valence-electron chi connectivity index (χ0n) is 9.74. The minimum absolute atomic E-state index is 0.450. The van der Waals surface area contributed by atoms with Crippen molar-refractivity contribution in [3.8, 4) is 23.3 Å². The van der Waals surface area contributed by atoms with Crippen LogP contribution in [0, 0.1) is 11.3 Å². The lowest BCUT2D eigenvalue weighted by atomic mass is 10.1. The zero-order chi connectivity index (χ0) is 12.0. The van der Waals surface area contributed by atoms with Crippen LogP contribution in [0.3, 0.4) is 0 Å². The quantitative estimate of drug-likeness (QED) is 0.764. The Kier molecular flexibility index (Phi) is 4.46. The van der Waals surface area contributed by atoms with E-state index in [1.54, 1.807) is 21.3 Å². The second kappa shape index (κ2) is 5.86. The van der Waals surface area contributed by atoms with Crippen LogP contribution in [-0.4, -0.2) is 21.3 Å². The van der Waals surface area contributed by atoms with Crippen LogP contribution in [0.5, 0.6) is 17.2 Å². The van der Waals surface area contributed by atoms with E-state index in [9.17, 15) is 0 Å². The number of hydrogen-bond donors (Lipinski definition) is 0. The van der Waals surface area contributed by atoms with Crippen molar-refractivity contribution in [3.63, 3.8) is 0 Å². The van der Waals surface area contributed by atoms with E-state index in [0.717, 1.165) is 5.56 Å². The summed E-state index contributed by atoms with van der Waals surface area (Å²) in [7, 11) is 4.72. The Balaban J connectivity index is 3.16. The molecule has 1 aromatic rings. The number of nitriles is 1. The maximum Gasteiger partial charge on any atom is 0.203 e. The van der Waals surface area contributed by atoms with Crippen molar-refractivity contribution in [3.05, 3.63) is 17.7 Å². The number of rotatable bonds is 5. The molecule has 0 aliphatic rings. The Labute approximate surface area is 95.4 Å². The fourth-order valence-electron chi connectivity index (χ4n) is 1.55. The van der Waals surface area contributed by atoms with Crippen molar-refractivity contribution < 1.29 is 14.2 Å². The smallest absolute Gasteiger partial charge is 0.203 e. The van der Waals surface area contributed by atoms with E-state index >= 15 is 0 Å². The Bertz CT molecular complexity index is 396. The molecule has 0 aliphatic heterocycles. The molecule has 0 heterocycles. The topological polar surface area (TPSA) is 51.5 Å². The molecule has 0 spiro atoms. The van der Waals surface area contributed by atoms with Crippen LogP contribution in [0.25, 0.3) is 0 Å². The van der Waals surface area contributed by atoms with Gasteiger partial charge in [0.15, 0.2) is 11.5 Å². The summed E-state index contributed by atoms with van der Waals surface area (Å²) in [5, 5.41) is 8.57. The van der Waals surface area contributed by atoms with Crippen LogP contribution in [0.2, 0.25) is 0 Å². The van der Waals surface area contributed by atoms with Gasteiger partial charge in [-0.1, -0.05) is 6.07 Å². The van der Waals surface area contributed by atoms with Crippen molar-refractivity contribution in [1.82, 2.24) is 0 Å². The van der Waals surface area contributed by atoms with Crippen LogP contribution < -0.4 is 14.2 Å². The van der Waals surface area contributed by atoms with E-state index in [-0.39, 0.29) is 0 Å². The maximum absolute atomic E-state index is 8.57. The summed E-state index contributed by atoms with van der Waals surface area (Å²) in [5.74, 6) is 1.83. The molecule has 0 N–H and O–H groups in total. The van der Waals surface area contributed by atoms with E-state index in [4.69, 9.17) is 19.5 Å². The maximum atomic E-state index is 8.57. The van der Waals surface area contributed by atoms with Crippen molar-refractivity contribution >= 4 is 0 Å². The van der Waals surface area contributed by atoms with Gasteiger partial charge in [-0.2, -0.15) is 5.26 Å². The van der Waals surface area contributed by atoms with Crippen LogP contribution >= 0.6 is 0 Å². The number of methoxy groups -OCH3 is 3. The highest BCUT2D eigenvalue weighted by atomic mass is 16.5. The van der Waals surface area contributed by atoms with Crippen molar-refractivity contribution in [2.45, 2.75) is 12.8 Å². The number of hydrogen-bond acceptors (Lipinski definition) is 4. The fourth-order valence-corrected chi connectivity index (χ4v) is 1.55.